The fourth-order valence-electron chi connectivity index (χ4n) is 3.77. The van der Waals surface area contributed by atoms with Crippen LogP contribution in [0.15, 0.2) is 77.2 Å². The Hall–Kier alpha value is -3.35. The molecule has 0 radical (unpaired) electrons. The third-order valence-electron chi connectivity index (χ3n) is 5.70. The number of carbonyl (C=O) groups excluding carboxylic acids is 1. The SMILES string of the molecule is Cc1ccc(-c2ccc3c(c2)C=C(C(=O)Nc2ccc(CNCCC(=O)O)cc2)CCS3)cc1. The van der Waals surface area contributed by atoms with Crippen LogP contribution in [-0.4, -0.2) is 29.3 Å². The quantitative estimate of drug-likeness (QED) is 0.364. The number of aryl methyl sites for hydroxylation is 1. The lowest BCUT2D eigenvalue weighted by molar-refractivity contribution is -0.136. The number of nitrogens with one attached hydrogen (secondary N) is 2. The molecule has 0 unspecified atom stereocenters. The Kier molecular flexibility index (Phi) is 7.83. The van der Waals surface area contributed by atoms with Crippen molar-refractivity contribution in [2.24, 2.45) is 0 Å². The van der Waals surface area contributed by atoms with Gasteiger partial charge >= 0.3 is 5.97 Å². The van der Waals surface area contributed by atoms with Gasteiger partial charge in [0.1, 0.15) is 0 Å². The Balaban J connectivity index is 1.44. The van der Waals surface area contributed by atoms with Crippen LogP contribution in [0.2, 0.25) is 0 Å². The number of carbonyl (C=O) groups is 2. The number of anilines is 1. The molecule has 6 heteroatoms. The first kappa shape index (κ1) is 23.8. The van der Waals surface area contributed by atoms with E-state index in [2.05, 4.69) is 60.0 Å². The summed E-state index contributed by atoms with van der Waals surface area (Å²) in [6.45, 7) is 3.09. The molecule has 4 rings (SSSR count). The first-order valence-electron chi connectivity index (χ1n) is 11.4. The summed E-state index contributed by atoms with van der Waals surface area (Å²) in [5.41, 5.74) is 7.16. The van der Waals surface area contributed by atoms with Crippen LogP contribution in [-0.2, 0) is 16.1 Å². The fraction of sp³-hybridized carbons (Fsp3) is 0.214. The number of aliphatic carboxylic acids is 1. The van der Waals surface area contributed by atoms with Crippen molar-refractivity contribution in [3.8, 4) is 11.1 Å². The van der Waals surface area contributed by atoms with E-state index >= 15 is 0 Å². The average Bonchev–Trinajstić information content (AvgIpc) is 3.05. The van der Waals surface area contributed by atoms with Gasteiger partial charge in [-0.15, -0.1) is 11.8 Å². The van der Waals surface area contributed by atoms with E-state index in [-0.39, 0.29) is 12.3 Å². The molecule has 0 aromatic heterocycles. The van der Waals surface area contributed by atoms with Crippen molar-refractivity contribution in [3.05, 3.63) is 89.0 Å². The number of benzene rings is 3. The van der Waals surface area contributed by atoms with Crippen LogP contribution in [0, 0.1) is 6.92 Å². The van der Waals surface area contributed by atoms with Gasteiger partial charge in [0.05, 0.1) is 6.42 Å². The number of rotatable bonds is 8. The van der Waals surface area contributed by atoms with Crippen LogP contribution >= 0.6 is 11.8 Å². The van der Waals surface area contributed by atoms with E-state index in [1.807, 2.05) is 30.3 Å². The summed E-state index contributed by atoms with van der Waals surface area (Å²) in [4.78, 5) is 24.8. The van der Waals surface area contributed by atoms with Crippen LogP contribution in [0.25, 0.3) is 17.2 Å². The average molecular weight is 473 g/mol. The summed E-state index contributed by atoms with van der Waals surface area (Å²) in [5, 5.41) is 14.8. The number of thioether (sulfide) groups is 1. The highest BCUT2D eigenvalue weighted by Gasteiger charge is 2.16. The lowest BCUT2D eigenvalue weighted by atomic mass is 10.0. The summed E-state index contributed by atoms with van der Waals surface area (Å²) in [7, 11) is 0. The number of fused-ring (bicyclic) bond motifs is 1. The molecule has 34 heavy (non-hydrogen) atoms. The van der Waals surface area contributed by atoms with Gasteiger partial charge < -0.3 is 15.7 Å². The summed E-state index contributed by atoms with van der Waals surface area (Å²) in [5.74, 6) is -0.0378. The Morgan fingerprint density at radius 3 is 2.44 bits per heavy atom. The highest BCUT2D eigenvalue weighted by atomic mass is 32.2. The summed E-state index contributed by atoms with van der Waals surface area (Å²) in [6.07, 6.45) is 2.82. The number of hydrogen-bond donors (Lipinski definition) is 3. The molecule has 1 heterocycles. The van der Waals surface area contributed by atoms with E-state index in [9.17, 15) is 9.59 Å². The summed E-state index contributed by atoms with van der Waals surface area (Å²) in [6, 6.07) is 22.6. The molecule has 0 fully saturated rings. The predicted octanol–water partition coefficient (Wildman–Crippen LogP) is 5.74. The molecule has 0 saturated carbocycles. The highest BCUT2D eigenvalue weighted by molar-refractivity contribution is 7.99. The Morgan fingerprint density at radius 2 is 1.71 bits per heavy atom. The molecule has 0 aliphatic carbocycles. The molecule has 174 valence electrons. The van der Waals surface area contributed by atoms with Crippen LogP contribution < -0.4 is 10.6 Å². The molecule has 1 amide bonds. The lowest BCUT2D eigenvalue weighted by Crippen LogP contribution is -2.17. The van der Waals surface area contributed by atoms with Crippen LogP contribution in [0.4, 0.5) is 5.69 Å². The smallest absolute Gasteiger partial charge is 0.304 e. The lowest BCUT2D eigenvalue weighted by Gasteiger charge is -2.09. The maximum absolute atomic E-state index is 13.0. The second kappa shape index (κ2) is 11.2. The Morgan fingerprint density at radius 1 is 0.971 bits per heavy atom. The zero-order chi connectivity index (χ0) is 23.9. The van der Waals surface area contributed by atoms with Crippen LogP contribution in [0.5, 0.6) is 0 Å². The minimum absolute atomic E-state index is 0.0819. The van der Waals surface area contributed by atoms with Crippen molar-refractivity contribution in [1.82, 2.24) is 5.32 Å². The van der Waals surface area contributed by atoms with Crippen molar-refractivity contribution >= 4 is 35.4 Å². The second-order valence-corrected chi connectivity index (χ2v) is 9.49. The molecule has 3 N–H and O–H groups in total. The summed E-state index contributed by atoms with van der Waals surface area (Å²) >= 11 is 1.78. The third kappa shape index (κ3) is 6.37. The van der Waals surface area contributed by atoms with Crippen molar-refractivity contribution in [1.29, 1.82) is 0 Å². The van der Waals surface area contributed by atoms with Gasteiger partial charge in [-0.3, -0.25) is 9.59 Å². The van der Waals surface area contributed by atoms with E-state index in [1.165, 1.54) is 16.0 Å². The predicted molar refractivity (Wildman–Crippen MR) is 139 cm³/mol. The van der Waals surface area contributed by atoms with Gasteiger partial charge in [0, 0.05) is 35.0 Å². The normalized spacial score (nSPS) is 12.9. The van der Waals surface area contributed by atoms with E-state index in [1.54, 1.807) is 11.8 Å². The fourth-order valence-corrected chi connectivity index (χ4v) is 4.76. The van der Waals surface area contributed by atoms with Gasteiger partial charge in [0.25, 0.3) is 5.91 Å². The number of hydrogen-bond acceptors (Lipinski definition) is 4. The van der Waals surface area contributed by atoms with Crippen molar-refractivity contribution in [2.75, 3.05) is 17.6 Å². The molecule has 1 aliphatic rings. The van der Waals surface area contributed by atoms with E-state index < -0.39 is 5.97 Å². The van der Waals surface area contributed by atoms with Crippen molar-refractivity contribution < 1.29 is 14.7 Å². The van der Waals surface area contributed by atoms with E-state index in [4.69, 9.17) is 5.11 Å². The molecule has 0 bridgehead atoms. The third-order valence-corrected chi connectivity index (χ3v) is 6.79. The Bertz CT molecular complexity index is 1200. The zero-order valence-corrected chi connectivity index (χ0v) is 20.0. The van der Waals surface area contributed by atoms with Gasteiger partial charge in [0.2, 0.25) is 0 Å². The number of amides is 1. The van der Waals surface area contributed by atoms with E-state index in [0.29, 0.717) is 19.5 Å². The molecule has 0 spiro atoms. The monoisotopic (exact) mass is 472 g/mol. The summed E-state index contributed by atoms with van der Waals surface area (Å²) < 4.78 is 0. The topological polar surface area (TPSA) is 78.4 Å². The maximum atomic E-state index is 13.0. The highest BCUT2D eigenvalue weighted by Crippen LogP contribution is 2.34. The minimum Gasteiger partial charge on any atom is -0.481 e. The van der Waals surface area contributed by atoms with E-state index in [0.717, 1.165) is 33.7 Å². The second-order valence-electron chi connectivity index (χ2n) is 8.36. The molecular formula is C28H28N2O3S. The molecule has 0 saturated heterocycles. The Labute approximate surface area is 204 Å². The maximum Gasteiger partial charge on any atom is 0.304 e. The first-order chi connectivity index (χ1) is 16.5. The number of carboxylic acid groups (broad SMARTS) is 1. The standard InChI is InChI=1S/C28H28N2O3S/c1-19-2-6-21(7-3-19)22-8-11-26-24(16-22)17-23(13-15-34-26)28(33)30-25-9-4-20(5-10-25)18-29-14-12-27(31)32/h2-11,16-17,29H,12-15,18H2,1H3,(H,30,33)(H,31,32). The van der Waals surface area contributed by atoms with Crippen LogP contribution in [0.1, 0.15) is 29.5 Å². The molecule has 1 aliphatic heterocycles. The van der Waals surface area contributed by atoms with Gasteiger partial charge in [-0.05, 0) is 65.9 Å². The molecule has 5 nitrogen and oxygen atoms in total. The van der Waals surface area contributed by atoms with Crippen LogP contribution in [0.3, 0.4) is 0 Å². The van der Waals surface area contributed by atoms with Crippen molar-refractivity contribution in [3.63, 3.8) is 0 Å². The van der Waals surface area contributed by atoms with Gasteiger partial charge in [-0.25, -0.2) is 0 Å². The van der Waals surface area contributed by atoms with Gasteiger partial charge in [-0.1, -0.05) is 48.0 Å². The molecular weight excluding hydrogens is 444 g/mol. The first-order valence-corrected chi connectivity index (χ1v) is 12.3. The zero-order valence-electron chi connectivity index (χ0n) is 19.1. The van der Waals surface area contributed by atoms with Crippen molar-refractivity contribution in [2.45, 2.75) is 31.2 Å². The molecule has 3 aromatic rings. The van der Waals surface area contributed by atoms with Gasteiger partial charge in [-0.2, -0.15) is 0 Å². The minimum atomic E-state index is -0.814. The molecule has 3 aromatic carbocycles. The largest absolute Gasteiger partial charge is 0.481 e. The van der Waals surface area contributed by atoms with Gasteiger partial charge in [0.15, 0.2) is 0 Å². The number of carboxylic acids is 1. The molecule has 0 atom stereocenters.